The van der Waals surface area contributed by atoms with E-state index in [4.69, 9.17) is 4.74 Å². The van der Waals surface area contributed by atoms with Crippen molar-refractivity contribution in [1.82, 2.24) is 15.3 Å². The molecular weight excluding hydrogens is 450 g/mol. The third-order valence-corrected chi connectivity index (χ3v) is 6.74. The summed E-state index contributed by atoms with van der Waals surface area (Å²) in [4.78, 5) is 57.8. The second-order valence-electron chi connectivity index (χ2n) is 7.86. The molecule has 2 fully saturated rings. The number of anilines is 1. The molecule has 5 N–H and O–H groups in total. The van der Waals surface area contributed by atoms with Gasteiger partial charge >= 0.3 is 5.69 Å². The van der Waals surface area contributed by atoms with Crippen LogP contribution in [-0.2, 0) is 15.1 Å². The highest BCUT2D eigenvalue weighted by molar-refractivity contribution is 8.15. The molecule has 1 saturated carbocycles. The summed E-state index contributed by atoms with van der Waals surface area (Å²) >= 11 is 1.10. The number of ether oxygens (including phenoxy) is 1. The van der Waals surface area contributed by atoms with Crippen LogP contribution in [0.5, 0.6) is 11.6 Å². The van der Waals surface area contributed by atoms with E-state index in [0.29, 0.717) is 24.3 Å². The highest BCUT2D eigenvalue weighted by Gasteiger charge is 2.43. The number of methoxy groups -OCH3 is 1. The van der Waals surface area contributed by atoms with Gasteiger partial charge in [-0.1, -0.05) is 24.6 Å². The van der Waals surface area contributed by atoms with Gasteiger partial charge in [0.05, 0.1) is 12.6 Å². The first-order valence-electron chi connectivity index (χ1n) is 10.4. The van der Waals surface area contributed by atoms with Crippen molar-refractivity contribution in [3.8, 4) is 11.6 Å². The van der Waals surface area contributed by atoms with Gasteiger partial charge in [0.1, 0.15) is 16.6 Å². The minimum absolute atomic E-state index is 0.0253. The zero-order chi connectivity index (χ0) is 23.6. The zero-order valence-electron chi connectivity index (χ0n) is 17.8. The topological polar surface area (TPSA) is 166 Å². The molecule has 1 saturated heterocycles. The number of nitrogens with zero attached hydrogens (tertiary/aromatic N) is 1. The van der Waals surface area contributed by atoms with Gasteiger partial charge in [0, 0.05) is 12.1 Å². The number of benzene rings is 1. The molecule has 174 valence electrons. The molecule has 0 radical (unpaired) electrons. The number of aromatic hydroxyl groups is 1. The lowest BCUT2D eigenvalue weighted by Crippen LogP contribution is -2.35. The number of aromatic amines is 2. The Morgan fingerprint density at radius 1 is 1.21 bits per heavy atom. The number of aromatic nitrogens is 2. The van der Waals surface area contributed by atoms with Crippen LogP contribution in [0, 0.1) is 0 Å². The molecule has 2 amide bonds. The molecule has 0 bridgehead atoms. The van der Waals surface area contributed by atoms with E-state index in [1.54, 1.807) is 31.4 Å². The molecule has 1 aromatic carbocycles. The number of hydrogen-bond acceptors (Lipinski definition) is 8. The Morgan fingerprint density at radius 2 is 1.91 bits per heavy atom. The molecular formula is C21H23N5O6S. The lowest BCUT2D eigenvalue weighted by atomic mass is 9.90. The van der Waals surface area contributed by atoms with Crippen LogP contribution in [-0.4, -0.2) is 44.4 Å². The molecule has 12 heteroatoms. The third-order valence-electron chi connectivity index (χ3n) is 5.66. The standard InChI is InChI=1S/C21H23N5O6S/c1-32-12-6-4-11(5-7-12)22-14(27)10-13-16(28)25-20(33-13)26-21(8-2-3-9-21)15-17(29)23-19(31)24-18(15)30/h4-7,13H,2-3,8-10H2,1H3,(H,22,27)(H,25,26,28)(H3,23,24,29,30,31)/t13-/m1/s1. The molecule has 33 heavy (non-hydrogen) atoms. The van der Waals surface area contributed by atoms with Gasteiger partial charge in [0.15, 0.2) is 5.17 Å². The molecule has 1 aliphatic carbocycles. The number of H-pyrrole nitrogens is 2. The maximum atomic E-state index is 12.5. The number of thioether (sulfide) groups is 1. The molecule has 2 aliphatic rings. The van der Waals surface area contributed by atoms with E-state index in [2.05, 4.69) is 25.6 Å². The van der Waals surface area contributed by atoms with Gasteiger partial charge in [0.2, 0.25) is 17.7 Å². The highest BCUT2D eigenvalue weighted by atomic mass is 32.2. The van der Waals surface area contributed by atoms with Crippen molar-refractivity contribution >= 4 is 34.4 Å². The summed E-state index contributed by atoms with van der Waals surface area (Å²) in [5.41, 5.74) is -2.04. The molecule has 2 aromatic rings. The fourth-order valence-corrected chi connectivity index (χ4v) is 5.18. The van der Waals surface area contributed by atoms with Crippen molar-refractivity contribution in [3.63, 3.8) is 0 Å². The summed E-state index contributed by atoms with van der Waals surface area (Å²) < 4.78 is 5.09. The van der Waals surface area contributed by atoms with E-state index >= 15 is 0 Å². The van der Waals surface area contributed by atoms with Crippen LogP contribution in [0.15, 0.2) is 38.8 Å². The molecule has 1 atom stereocenters. The fraction of sp³-hybridized carbons (Fsp3) is 0.381. The molecule has 0 unspecified atom stereocenters. The average Bonchev–Trinajstić information content (AvgIpc) is 3.34. The molecule has 4 rings (SSSR count). The number of nitrogens with one attached hydrogen (secondary N) is 4. The molecule has 1 aliphatic heterocycles. The van der Waals surface area contributed by atoms with Gasteiger partial charge in [-0.2, -0.15) is 0 Å². The summed E-state index contributed by atoms with van der Waals surface area (Å²) in [6, 6.07) is 6.83. The van der Waals surface area contributed by atoms with Crippen molar-refractivity contribution in [2.45, 2.75) is 42.9 Å². The van der Waals surface area contributed by atoms with E-state index in [0.717, 1.165) is 24.6 Å². The average molecular weight is 474 g/mol. The normalized spacial score (nSPS) is 20.6. The molecule has 2 heterocycles. The van der Waals surface area contributed by atoms with Gasteiger partial charge in [-0.15, -0.1) is 0 Å². The first kappa shape index (κ1) is 22.6. The van der Waals surface area contributed by atoms with E-state index < -0.39 is 27.9 Å². The van der Waals surface area contributed by atoms with E-state index in [1.807, 2.05) is 0 Å². The van der Waals surface area contributed by atoms with Crippen molar-refractivity contribution in [3.05, 3.63) is 50.7 Å². The zero-order valence-corrected chi connectivity index (χ0v) is 18.6. The summed E-state index contributed by atoms with van der Waals surface area (Å²) in [5, 5.41) is 15.3. The second kappa shape index (κ2) is 9.14. The monoisotopic (exact) mass is 473 g/mol. The maximum Gasteiger partial charge on any atom is 0.328 e. The maximum absolute atomic E-state index is 12.5. The Labute approximate surface area is 192 Å². The van der Waals surface area contributed by atoms with Crippen molar-refractivity contribution in [2.24, 2.45) is 4.99 Å². The Bertz CT molecular complexity index is 1210. The number of carbonyl (C=O) groups is 2. The fourth-order valence-electron chi connectivity index (χ4n) is 4.13. The summed E-state index contributed by atoms with van der Waals surface area (Å²) in [6.45, 7) is 0. The summed E-state index contributed by atoms with van der Waals surface area (Å²) in [6.07, 6.45) is 2.40. The highest BCUT2D eigenvalue weighted by Crippen LogP contribution is 2.44. The van der Waals surface area contributed by atoms with Crippen LogP contribution in [0.25, 0.3) is 0 Å². The Balaban J connectivity index is 1.50. The Morgan fingerprint density at radius 3 is 2.55 bits per heavy atom. The van der Waals surface area contributed by atoms with Crippen LogP contribution in [0.1, 0.15) is 37.7 Å². The van der Waals surface area contributed by atoms with E-state index in [9.17, 15) is 24.3 Å². The number of hydrogen-bond donors (Lipinski definition) is 5. The summed E-state index contributed by atoms with van der Waals surface area (Å²) in [7, 11) is 1.55. The van der Waals surface area contributed by atoms with Crippen molar-refractivity contribution in [1.29, 1.82) is 0 Å². The van der Waals surface area contributed by atoms with Crippen LogP contribution in [0.4, 0.5) is 5.69 Å². The van der Waals surface area contributed by atoms with Gasteiger partial charge < -0.3 is 20.5 Å². The van der Waals surface area contributed by atoms with Crippen LogP contribution in [0.3, 0.4) is 0 Å². The van der Waals surface area contributed by atoms with Crippen LogP contribution in [0.2, 0.25) is 0 Å². The number of rotatable bonds is 6. The molecule has 0 spiro atoms. The minimum atomic E-state index is -1.07. The van der Waals surface area contributed by atoms with Gasteiger partial charge in [-0.25, -0.2) is 4.79 Å². The SMILES string of the molecule is COc1ccc(NC(=O)C[C@H]2SC(=NC3(c4c(O)[nH]c(=O)[nH]c4=O)CCCC3)NC2=O)cc1. The van der Waals surface area contributed by atoms with Gasteiger partial charge in [-0.05, 0) is 37.1 Å². The van der Waals surface area contributed by atoms with Crippen molar-refractivity contribution in [2.75, 3.05) is 12.4 Å². The lowest BCUT2D eigenvalue weighted by molar-refractivity contribution is -0.122. The molecule has 11 nitrogen and oxygen atoms in total. The largest absolute Gasteiger partial charge is 0.497 e. The number of amidine groups is 1. The van der Waals surface area contributed by atoms with Gasteiger partial charge in [0.25, 0.3) is 5.56 Å². The van der Waals surface area contributed by atoms with E-state index in [1.165, 1.54) is 0 Å². The predicted octanol–water partition coefficient (Wildman–Crippen LogP) is 1.16. The Kier molecular flexibility index (Phi) is 6.27. The first-order valence-corrected chi connectivity index (χ1v) is 11.2. The number of carbonyl (C=O) groups excluding carboxylic acids is 2. The lowest BCUT2D eigenvalue weighted by Gasteiger charge is -2.24. The van der Waals surface area contributed by atoms with Crippen LogP contribution < -0.4 is 26.6 Å². The summed E-state index contributed by atoms with van der Waals surface area (Å²) in [5.74, 6) is -0.566. The second-order valence-corrected chi connectivity index (χ2v) is 9.06. The smallest absolute Gasteiger partial charge is 0.328 e. The number of amides is 2. The van der Waals surface area contributed by atoms with Crippen LogP contribution >= 0.6 is 11.8 Å². The van der Waals surface area contributed by atoms with Crippen molar-refractivity contribution < 1.29 is 19.4 Å². The predicted molar refractivity (Wildman–Crippen MR) is 123 cm³/mol. The minimum Gasteiger partial charge on any atom is -0.497 e. The first-order chi connectivity index (χ1) is 15.8. The third kappa shape index (κ3) is 4.80. The van der Waals surface area contributed by atoms with Gasteiger partial charge in [-0.3, -0.25) is 29.3 Å². The van der Waals surface area contributed by atoms with E-state index in [-0.39, 0.29) is 29.0 Å². The number of aliphatic imine (C=N–C) groups is 1. The Hall–Kier alpha value is -3.54. The quantitative estimate of drug-likeness (QED) is 0.420. The molecule has 1 aromatic heterocycles.